The normalized spacial score (nSPS) is 11.0. The number of aromatic amines is 1. The summed E-state index contributed by atoms with van der Waals surface area (Å²) in [6.07, 6.45) is 1.58. The van der Waals surface area contributed by atoms with Crippen molar-refractivity contribution in [2.24, 2.45) is 5.10 Å². The fourth-order valence-electron chi connectivity index (χ4n) is 2.26. The summed E-state index contributed by atoms with van der Waals surface area (Å²) < 4.78 is 0.932. The second-order valence-electron chi connectivity index (χ2n) is 5.07. The lowest BCUT2D eigenvalue weighted by molar-refractivity contribution is -0.120. The van der Waals surface area contributed by atoms with E-state index in [1.54, 1.807) is 30.5 Å². The third-order valence-electron chi connectivity index (χ3n) is 3.35. The first-order chi connectivity index (χ1) is 11.6. The maximum Gasteiger partial charge on any atom is 0.272 e. The number of nitrogens with one attached hydrogen (secondary N) is 2. The van der Waals surface area contributed by atoms with E-state index in [9.17, 15) is 9.59 Å². The molecule has 0 saturated heterocycles. The van der Waals surface area contributed by atoms with Crippen LogP contribution in [0.25, 0.3) is 10.8 Å². The zero-order valence-electron chi connectivity index (χ0n) is 12.5. The number of hydrogen-bond acceptors (Lipinski definition) is 4. The van der Waals surface area contributed by atoms with Crippen LogP contribution in [0.3, 0.4) is 0 Å². The second kappa shape index (κ2) is 7.18. The maximum absolute atomic E-state index is 12.0. The summed E-state index contributed by atoms with van der Waals surface area (Å²) in [5.41, 5.74) is 3.54. The number of carbonyl (C=O) groups excluding carboxylic acids is 1. The molecule has 6 nitrogen and oxygen atoms in total. The number of hydrogen-bond donors (Lipinski definition) is 2. The molecular formula is C17H13BrN4O2. The Morgan fingerprint density at radius 3 is 2.79 bits per heavy atom. The molecule has 1 heterocycles. The Labute approximate surface area is 145 Å². The number of nitrogens with zero attached hydrogens (tertiary/aromatic N) is 2. The first kappa shape index (κ1) is 16.1. The van der Waals surface area contributed by atoms with Gasteiger partial charge in [0.25, 0.3) is 5.56 Å². The van der Waals surface area contributed by atoms with Crippen molar-refractivity contribution in [3.8, 4) is 0 Å². The summed E-state index contributed by atoms with van der Waals surface area (Å²) in [4.78, 5) is 23.8. The molecule has 24 heavy (non-hydrogen) atoms. The number of halogens is 1. The number of hydrazone groups is 1. The lowest BCUT2D eigenvalue weighted by Crippen LogP contribution is -2.22. The molecule has 0 fully saturated rings. The minimum Gasteiger partial charge on any atom is -0.273 e. The minimum atomic E-state index is -0.314. The van der Waals surface area contributed by atoms with Gasteiger partial charge in [0.15, 0.2) is 0 Å². The predicted molar refractivity (Wildman–Crippen MR) is 95.9 cm³/mol. The minimum absolute atomic E-state index is 0.0209. The van der Waals surface area contributed by atoms with Crippen LogP contribution in [0, 0.1) is 0 Å². The van der Waals surface area contributed by atoms with E-state index in [0.717, 1.165) is 10.0 Å². The number of H-pyrrole nitrogens is 1. The van der Waals surface area contributed by atoms with E-state index in [1.165, 1.54) is 0 Å². The Kier molecular flexibility index (Phi) is 4.81. The highest BCUT2D eigenvalue weighted by atomic mass is 79.9. The first-order valence-corrected chi connectivity index (χ1v) is 7.96. The van der Waals surface area contributed by atoms with Crippen molar-refractivity contribution in [2.45, 2.75) is 6.42 Å². The first-order valence-electron chi connectivity index (χ1n) is 7.17. The van der Waals surface area contributed by atoms with Gasteiger partial charge in [0.2, 0.25) is 5.91 Å². The molecular weight excluding hydrogens is 372 g/mol. The van der Waals surface area contributed by atoms with Crippen LogP contribution in [0.5, 0.6) is 0 Å². The Hall–Kier alpha value is -2.80. The molecule has 2 N–H and O–H groups in total. The molecule has 1 aromatic heterocycles. The molecule has 0 spiro atoms. The van der Waals surface area contributed by atoms with Crippen molar-refractivity contribution >= 4 is 38.8 Å². The molecule has 7 heteroatoms. The number of carbonyl (C=O) groups is 1. The van der Waals surface area contributed by atoms with Crippen LogP contribution in [0.4, 0.5) is 0 Å². The smallest absolute Gasteiger partial charge is 0.272 e. The summed E-state index contributed by atoms with van der Waals surface area (Å²) >= 11 is 3.37. The number of fused-ring (bicyclic) bond motifs is 1. The summed E-state index contributed by atoms with van der Waals surface area (Å²) in [6, 6.07) is 14.6. The van der Waals surface area contributed by atoms with E-state index in [4.69, 9.17) is 0 Å². The fourth-order valence-corrected chi connectivity index (χ4v) is 2.68. The van der Waals surface area contributed by atoms with Crippen molar-refractivity contribution in [1.29, 1.82) is 0 Å². The highest BCUT2D eigenvalue weighted by Crippen LogP contribution is 2.13. The van der Waals surface area contributed by atoms with Crippen LogP contribution >= 0.6 is 15.9 Å². The number of rotatable bonds is 4. The van der Waals surface area contributed by atoms with Gasteiger partial charge >= 0.3 is 0 Å². The molecule has 3 rings (SSSR count). The average Bonchev–Trinajstić information content (AvgIpc) is 2.58. The molecule has 2 aromatic carbocycles. The van der Waals surface area contributed by atoms with Gasteiger partial charge in [-0.3, -0.25) is 9.59 Å². The lowest BCUT2D eigenvalue weighted by Gasteiger charge is -2.03. The zero-order chi connectivity index (χ0) is 16.9. The fraction of sp³-hybridized carbons (Fsp3) is 0.0588. The Bertz CT molecular complexity index is 981. The van der Waals surface area contributed by atoms with Gasteiger partial charge in [-0.15, -0.1) is 0 Å². The van der Waals surface area contributed by atoms with Crippen LogP contribution in [-0.4, -0.2) is 22.3 Å². The van der Waals surface area contributed by atoms with Gasteiger partial charge < -0.3 is 0 Å². The molecule has 0 bridgehead atoms. The predicted octanol–water partition coefficient (Wildman–Crippen LogP) is 2.38. The van der Waals surface area contributed by atoms with Crippen molar-refractivity contribution in [3.05, 3.63) is 74.6 Å². The third-order valence-corrected chi connectivity index (χ3v) is 3.85. The molecule has 0 aliphatic carbocycles. The standard InChI is InChI=1S/C17H13BrN4O2/c18-12-5-3-4-11(8-12)10-19-21-16(23)9-15-13-6-1-2-7-14(13)17(24)22-20-15/h1-8,10H,9H2,(H,21,23)(H,22,24)/b19-10+. The van der Waals surface area contributed by atoms with Crippen molar-refractivity contribution in [2.75, 3.05) is 0 Å². The topological polar surface area (TPSA) is 87.2 Å². The Balaban J connectivity index is 1.72. The van der Waals surface area contributed by atoms with Gasteiger partial charge in [0.05, 0.1) is 23.7 Å². The quantitative estimate of drug-likeness (QED) is 0.534. The monoisotopic (exact) mass is 384 g/mol. The summed E-state index contributed by atoms with van der Waals surface area (Å²) in [5.74, 6) is -0.314. The summed E-state index contributed by atoms with van der Waals surface area (Å²) in [5, 5.41) is 11.5. The van der Waals surface area contributed by atoms with Crippen molar-refractivity contribution < 1.29 is 4.79 Å². The van der Waals surface area contributed by atoms with E-state index in [2.05, 4.69) is 36.7 Å². The molecule has 0 aliphatic heterocycles. The van der Waals surface area contributed by atoms with Gasteiger partial charge in [-0.25, -0.2) is 10.5 Å². The molecule has 0 unspecified atom stereocenters. The van der Waals surface area contributed by atoms with Crippen LogP contribution < -0.4 is 11.0 Å². The third kappa shape index (κ3) is 3.75. The summed E-state index contributed by atoms with van der Waals surface area (Å²) in [7, 11) is 0. The SMILES string of the molecule is O=C(Cc1n[nH]c(=O)c2ccccc12)N/N=C/c1cccc(Br)c1. The van der Waals surface area contributed by atoms with Crippen LogP contribution in [0.2, 0.25) is 0 Å². The van der Waals surface area contributed by atoms with Crippen LogP contribution in [0.15, 0.2) is 62.9 Å². The number of aromatic nitrogens is 2. The molecule has 120 valence electrons. The van der Waals surface area contributed by atoms with E-state index < -0.39 is 0 Å². The molecule has 1 amide bonds. The Morgan fingerprint density at radius 2 is 2.00 bits per heavy atom. The van der Waals surface area contributed by atoms with Crippen LogP contribution in [-0.2, 0) is 11.2 Å². The molecule has 0 aliphatic rings. The van der Waals surface area contributed by atoms with Gasteiger partial charge in [-0.2, -0.15) is 10.2 Å². The Morgan fingerprint density at radius 1 is 1.21 bits per heavy atom. The van der Waals surface area contributed by atoms with Gasteiger partial charge in [0, 0.05) is 9.86 Å². The van der Waals surface area contributed by atoms with Gasteiger partial charge in [-0.05, 0) is 23.8 Å². The molecule has 3 aromatic rings. The largest absolute Gasteiger partial charge is 0.273 e. The number of amides is 1. The second-order valence-corrected chi connectivity index (χ2v) is 5.99. The average molecular weight is 385 g/mol. The number of benzene rings is 2. The molecule has 0 saturated carbocycles. The zero-order valence-corrected chi connectivity index (χ0v) is 14.1. The molecule has 0 radical (unpaired) electrons. The van der Waals surface area contributed by atoms with E-state index in [0.29, 0.717) is 16.5 Å². The molecule has 0 atom stereocenters. The van der Waals surface area contributed by atoms with Crippen LogP contribution in [0.1, 0.15) is 11.3 Å². The van der Waals surface area contributed by atoms with Gasteiger partial charge in [0.1, 0.15) is 0 Å². The highest BCUT2D eigenvalue weighted by Gasteiger charge is 2.09. The lowest BCUT2D eigenvalue weighted by atomic mass is 10.1. The maximum atomic E-state index is 12.0. The highest BCUT2D eigenvalue weighted by molar-refractivity contribution is 9.10. The van der Waals surface area contributed by atoms with E-state index in [1.807, 2.05) is 24.3 Å². The summed E-state index contributed by atoms with van der Waals surface area (Å²) in [6.45, 7) is 0. The van der Waals surface area contributed by atoms with E-state index >= 15 is 0 Å². The van der Waals surface area contributed by atoms with Crippen molar-refractivity contribution in [1.82, 2.24) is 15.6 Å². The van der Waals surface area contributed by atoms with Gasteiger partial charge in [-0.1, -0.05) is 46.3 Å². The van der Waals surface area contributed by atoms with Crippen molar-refractivity contribution in [3.63, 3.8) is 0 Å². The van der Waals surface area contributed by atoms with E-state index in [-0.39, 0.29) is 17.9 Å².